The molecule has 0 bridgehead atoms. The van der Waals surface area contributed by atoms with Gasteiger partial charge < -0.3 is 15.5 Å². The van der Waals surface area contributed by atoms with E-state index in [-0.39, 0.29) is 0 Å². The Kier molecular flexibility index (Phi) is 2.80. The topological polar surface area (TPSA) is 45.4 Å². The van der Waals surface area contributed by atoms with Gasteiger partial charge in [-0.05, 0) is 30.6 Å². The van der Waals surface area contributed by atoms with Crippen LogP contribution in [0.4, 0.5) is 11.5 Å². The molecule has 0 aliphatic carbocycles. The van der Waals surface area contributed by atoms with Crippen LogP contribution in [0.3, 0.4) is 0 Å². The molecule has 4 nitrogen and oxygen atoms in total. The van der Waals surface area contributed by atoms with E-state index in [1.807, 2.05) is 24.4 Å². The Labute approximate surface area is 107 Å². The Bertz CT molecular complexity index is 559. The molecule has 2 N–H and O–H groups in total. The molecule has 94 valence electrons. The van der Waals surface area contributed by atoms with Gasteiger partial charge in [-0.1, -0.05) is 6.07 Å². The van der Waals surface area contributed by atoms with Gasteiger partial charge in [-0.2, -0.15) is 0 Å². The SMILES string of the molecule is CN1CCN(c2nccc3ccc(N)cc23)CC1. The van der Waals surface area contributed by atoms with Gasteiger partial charge >= 0.3 is 0 Å². The number of pyridine rings is 1. The Morgan fingerprint density at radius 1 is 1.11 bits per heavy atom. The Morgan fingerprint density at radius 2 is 1.89 bits per heavy atom. The number of anilines is 2. The van der Waals surface area contributed by atoms with Crippen LogP contribution in [0.2, 0.25) is 0 Å². The molecule has 1 aliphatic rings. The monoisotopic (exact) mass is 242 g/mol. The van der Waals surface area contributed by atoms with Crippen LogP contribution >= 0.6 is 0 Å². The van der Waals surface area contributed by atoms with Crippen molar-refractivity contribution in [1.29, 1.82) is 0 Å². The van der Waals surface area contributed by atoms with E-state index in [1.165, 1.54) is 5.39 Å². The first-order valence-electron chi connectivity index (χ1n) is 6.32. The standard InChI is InChI=1S/C14H18N4/c1-17-6-8-18(9-7-17)14-13-10-12(15)3-2-11(13)4-5-16-14/h2-5,10H,6-9,15H2,1H3. The molecule has 1 aliphatic heterocycles. The van der Waals surface area contributed by atoms with Gasteiger partial charge in [0.1, 0.15) is 5.82 Å². The van der Waals surface area contributed by atoms with Crippen LogP contribution in [0.25, 0.3) is 10.8 Å². The Morgan fingerprint density at radius 3 is 2.67 bits per heavy atom. The summed E-state index contributed by atoms with van der Waals surface area (Å²) in [4.78, 5) is 9.24. The normalized spacial score (nSPS) is 17.3. The Balaban J connectivity index is 2.03. The number of rotatable bonds is 1. The molecule has 0 amide bonds. The molecule has 0 radical (unpaired) electrons. The number of fused-ring (bicyclic) bond motifs is 1. The van der Waals surface area contributed by atoms with E-state index in [1.54, 1.807) is 0 Å². The summed E-state index contributed by atoms with van der Waals surface area (Å²) in [6.07, 6.45) is 1.88. The van der Waals surface area contributed by atoms with Crippen molar-refractivity contribution in [2.45, 2.75) is 0 Å². The maximum Gasteiger partial charge on any atom is 0.136 e. The van der Waals surface area contributed by atoms with Crippen LogP contribution < -0.4 is 10.6 Å². The number of nitrogen functional groups attached to an aromatic ring is 1. The molecule has 1 aromatic heterocycles. The zero-order chi connectivity index (χ0) is 12.5. The lowest BCUT2D eigenvalue weighted by atomic mass is 10.1. The van der Waals surface area contributed by atoms with E-state index in [0.717, 1.165) is 43.1 Å². The second kappa shape index (κ2) is 4.46. The van der Waals surface area contributed by atoms with Gasteiger partial charge in [0, 0.05) is 43.4 Å². The van der Waals surface area contributed by atoms with Gasteiger partial charge in [0.2, 0.25) is 0 Å². The van der Waals surface area contributed by atoms with E-state index in [2.05, 4.69) is 27.9 Å². The highest BCUT2D eigenvalue weighted by atomic mass is 15.3. The van der Waals surface area contributed by atoms with Gasteiger partial charge in [-0.3, -0.25) is 0 Å². The summed E-state index contributed by atoms with van der Waals surface area (Å²) < 4.78 is 0. The number of piperazine rings is 1. The van der Waals surface area contributed by atoms with Crippen molar-refractivity contribution in [3.63, 3.8) is 0 Å². The van der Waals surface area contributed by atoms with Crippen molar-refractivity contribution in [2.24, 2.45) is 0 Å². The second-order valence-electron chi connectivity index (χ2n) is 4.91. The quantitative estimate of drug-likeness (QED) is 0.771. The second-order valence-corrected chi connectivity index (χ2v) is 4.91. The first-order valence-corrected chi connectivity index (χ1v) is 6.32. The van der Waals surface area contributed by atoms with Crippen molar-refractivity contribution in [2.75, 3.05) is 43.9 Å². The number of hydrogen-bond donors (Lipinski definition) is 1. The zero-order valence-electron chi connectivity index (χ0n) is 10.6. The van der Waals surface area contributed by atoms with Crippen LogP contribution in [-0.4, -0.2) is 43.1 Å². The summed E-state index contributed by atoms with van der Waals surface area (Å²) >= 11 is 0. The van der Waals surface area contributed by atoms with E-state index >= 15 is 0 Å². The third-order valence-electron chi connectivity index (χ3n) is 3.57. The fraction of sp³-hybridized carbons (Fsp3) is 0.357. The molecule has 0 atom stereocenters. The highest BCUT2D eigenvalue weighted by molar-refractivity contribution is 5.94. The summed E-state index contributed by atoms with van der Waals surface area (Å²) in [5.41, 5.74) is 6.69. The maximum atomic E-state index is 5.89. The lowest BCUT2D eigenvalue weighted by Gasteiger charge is -2.33. The largest absolute Gasteiger partial charge is 0.399 e. The molecular weight excluding hydrogens is 224 g/mol. The van der Waals surface area contributed by atoms with Crippen molar-refractivity contribution >= 4 is 22.3 Å². The summed E-state index contributed by atoms with van der Waals surface area (Å²) in [7, 11) is 2.16. The summed E-state index contributed by atoms with van der Waals surface area (Å²) in [5, 5.41) is 2.36. The summed E-state index contributed by atoms with van der Waals surface area (Å²) in [6.45, 7) is 4.22. The number of likely N-dealkylation sites (N-methyl/N-ethyl adjacent to an activating group) is 1. The van der Waals surface area contributed by atoms with Crippen LogP contribution in [-0.2, 0) is 0 Å². The van der Waals surface area contributed by atoms with Gasteiger partial charge in [0.05, 0.1) is 0 Å². The van der Waals surface area contributed by atoms with Gasteiger partial charge in [-0.15, -0.1) is 0 Å². The highest BCUT2D eigenvalue weighted by Crippen LogP contribution is 2.26. The third-order valence-corrected chi connectivity index (χ3v) is 3.57. The van der Waals surface area contributed by atoms with E-state index in [4.69, 9.17) is 5.73 Å². The minimum absolute atomic E-state index is 0.797. The molecule has 2 aromatic rings. The maximum absolute atomic E-state index is 5.89. The predicted molar refractivity (Wildman–Crippen MR) is 75.9 cm³/mol. The number of aromatic nitrogens is 1. The number of nitrogens with two attached hydrogens (primary N) is 1. The van der Waals surface area contributed by atoms with Crippen LogP contribution in [0.15, 0.2) is 30.5 Å². The molecule has 18 heavy (non-hydrogen) atoms. The molecule has 1 aromatic carbocycles. The minimum atomic E-state index is 0.797. The molecular formula is C14H18N4. The van der Waals surface area contributed by atoms with E-state index < -0.39 is 0 Å². The average Bonchev–Trinajstić information content (AvgIpc) is 2.39. The molecule has 4 heteroatoms. The Hall–Kier alpha value is -1.81. The predicted octanol–water partition coefficient (Wildman–Crippen LogP) is 1.57. The number of nitrogens with zero attached hydrogens (tertiary/aromatic N) is 3. The fourth-order valence-electron chi connectivity index (χ4n) is 2.44. The smallest absolute Gasteiger partial charge is 0.136 e. The lowest BCUT2D eigenvalue weighted by Crippen LogP contribution is -2.44. The molecule has 1 fully saturated rings. The van der Waals surface area contributed by atoms with E-state index in [0.29, 0.717) is 0 Å². The van der Waals surface area contributed by atoms with Gasteiger partial charge in [0.25, 0.3) is 0 Å². The van der Waals surface area contributed by atoms with Crippen molar-refractivity contribution in [1.82, 2.24) is 9.88 Å². The molecule has 1 saturated heterocycles. The summed E-state index contributed by atoms with van der Waals surface area (Å²) in [5.74, 6) is 1.06. The first kappa shape index (κ1) is 11.3. The van der Waals surface area contributed by atoms with Crippen molar-refractivity contribution in [3.8, 4) is 0 Å². The summed E-state index contributed by atoms with van der Waals surface area (Å²) in [6, 6.07) is 8.06. The zero-order valence-corrected chi connectivity index (χ0v) is 10.6. The average molecular weight is 242 g/mol. The molecule has 2 heterocycles. The van der Waals surface area contributed by atoms with E-state index in [9.17, 15) is 0 Å². The fourth-order valence-corrected chi connectivity index (χ4v) is 2.44. The van der Waals surface area contributed by atoms with Gasteiger partial charge in [0.15, 0.2) is 0 Å². The molecule has 0 unspecified atom stereocenters. The minimum Gasteiger partial charge on any atom is -0.399 e. The van der Waals surface area contributed by atoms with Crippen molar-refractivity contribution in [3.05, 3.63) is 30.5 Å². The molecule has 0 spiro atoms. The number of benzene rings is 1. The first-order chi connectivity index (χ1) is 8.74. The van der Waals surface area contributed by atoms with Crippen LogP contribution in [0.5, 0.6) is 0 Å². The van der Waals surface area contributed by atoms with Crippen molar-refractivity contribution < 1.29 is 0 Å². The van der Waals surface area contributed by atoms with Gasteiger partial charge in [-0.25, -0.2) is 4.98 Å². The lowest BCUT2D eigenvalue weighted by molar-refractivity contribution is 0.312. The van der Waals surface area contributed by atoms with Crippen LogP contribution in [0, 0.1) is 0 Å². The number of hydrogen-bond acceptors (Lipinski definition) is 4. The third kappa shape index (κ3) is 1.99. The highest BCUT2D eigenvalue weighted by Gasteiger charge is 2.17. The molecule has 0 saturated carbocycles. The molecule has 3 rings (SSSR count). The van der Waals surface area contributed by atoms with Crippen LogP contribution in [0.1, 0.15) is 0 Å².